The van der Waals surface area contributed by atoms with Gasteiger partial charge in [-0.05, 0) is 54.4 Å². The van der Waals surface area contributed by atoms with Gasteiger partial charge in [0.1, 0.15) is 0 Å². The van der Waals surface area contributed by atoms with E-state index in [0.717, 1.165) is 16.7 Å². The molecule has 0 fully saturated rings. The molecular weight excluding hydrogens is 374 g/mol. The summed E-state index contributed by atoms with van der Waals surface area (Å²) < 4.78 is 27.5. The van der Waals surface area contributed by atoms with Gasteiger partial charge in [-0.1, -0.05) is 29.8 Å². The first-order valence-corrected chi connectivity index (χ1v) is 10.2. The van der Waals surface area contributed by atoms with Gasteiger partial charge in [-0.15, -0.1) is 0 Å². The van der Waals surface area contributed by atoms with Crippen molar-refractivity contribution in [2.24, 2.45) is 0 Å². The van der Waals surface area contributed by atoms with Crippen LogP contribution in [0.15, 0.2) is 78.0 Å². The Labute approximate surface area is 164 Å². The van der Waals surface area contributed by atoms with Crippen LogP contribution in [0.25, 0.3) is 0 Å². The third-order valence-corrected chi connectivity index (χ3v) is 5.60. The van der Waals surface area contributed by atoms with Gasteiger partial charge in [-0.2, -0.15) is 0 Å². The highest BCUT2D eigenvalue weighted by molar-refractivity contribution is 7.89. The number of hydrogen-bond acceptors (Lipinski definition) is 4. The number of hydrogen-bond donors (Lipinski definition) is 2. The molecule has 0 radical (unpaired) electrons. The number of carbonyl (C=O) groups is 1. The van der Waals surface area contributed by atoms with Crippen molar-refractivity contribution in [1.82, 2.24) is 15.0 Å². The molecule has 1 heterocycles. The Kier molecular flexibility index (Phi) is 6.18. The lowest BCUT2D eigenvalue weighted by molar-refractivity contribution is 0.0951. The number of nitrogens with zero attached hydrogens (tertiary/aromatic N) is 1. The molecule has 2 N–H and O–H groups in total. The van der Waals surface area contributed by atoms with Crippen molar-refractivity contribution >= 4 is 15.9 Å². The zero-order valence-electron chi connectivity index (χ0n) is 15.4. The molecule has 0 saturated carbocycles. The maximum absolute atomic E-state index is 12.5. The molecule has 144 valence electrons. The van der Waals surface area contributed by atoms with E-state index in [1.54, 1.807) is 12.4 Å². The topological polar surface area (TPSA) is 88.2 Å². The minimum atomic E-state index is -3.66. The SMILES string of the molecule is Cc1cccc(CNS(=O)(=O)c2ccc(C(=O)NCc3ccncc3)cc2)c1. The minimum Gasteiger partial charge on any atom is -0.348 e. The van der Waals surface area contributed by atoms with Crippen LogP contribution in [-0.2, 0) is 23.1 Å². The van der Waals surface area contributed by atoms with Crippen LogP contribution in [0.1, 0.15) is 27.0 Å². The van der Waals surface area contributed by atoms with Crippen LogP contribution >= 0.6 is 0 Å². The summed E-state index contributed by atoms with van der Waals surface area (Å²) in [6.07, 6.45) is 3.32. The van der Waals surface area contributed by atoms with Crippen LogP contribution in [0, 0.1) is 6.92 Å². The van der Waals surface area contributed by atoms with Crippen molar-refractivity contribution in [1.29, 1.82) is 0 Å². The van der Waals surface area contributed by atoms with Gasteiger partial charge in [0, 0.05) is 31.0 Å². The lowest BCUT2D eigenvalue weighted by Crippen LogP contribution is -2.24. The maximum Gasteiger partial charge on any atom is 0.251 e. The number of aryl methyl sites for hydroxylation is 1. The van der Waals surface area contributed by atoms with E-state index < -0.39 is 10.0 Å². The molecule has 6 nitrogen and oxygen atoms in total. The number of pyridine rings is 1. The number of sulfonamides is 1. The van der Waals surface area contributed by atoms with Crippen molar-refractivity contribution in [3.05, 3.63) is 95.3 Å². The van der Waals surface area contributed by atoms with Crippen LogP contribution in [0.3, 0.4) is 0 Å². The number of carbonyl (C=O) groups excluding carboxylic acids is 1. The monoisotopic (exact) mass is 395 g/mol. The van der Waals surface area contributed by atoms with E-state index in [1.165, 1.54) is 24.3 Å². The summed E-state index contributed by atoms with van der Waals surface area (Å²) in [5.41, 5.74) is 3.28. The van der Waals surface area contributed by atoms with E-state index in [0.29, 0.717) is 12.1 Å². The van der Waals surface area contributed by atoms with Crippen LogP contribution in [0.5, 0.6) is 0 Å². The van der Waals surface area contributed by atoms with Crippen molar-refractivity contribution in [3.8, 4) is 0 Å². The summed E-state index contributed by atoms with van der Waals surface area (Å²) in [4.78, 5) is 16.3. The van der Waals surface area contributed by atoms with Gasteiger partial charge in [0.2, 0.25) is 10.0 Å². The van der Waals surface area contributed by atoms with Gasteiger partial charge >= 0.3 is 0 Å². The first kappa shape index (κ1) is 19.7. The van der Waals surface area contributed by atoms with Crippen molar-refractivity contribution in [2.75, 3.05) is 0 Å². The summed E-state index contributed by atoms with van der Waals surface area (Å²) in [7, 11) is -3.66. The number of aromatic nitrogens is 1. The van der Waals surface area contributed by atoms with Crippen molar-refractivity contribution in [3.63, 3.8) is 0 Å². The summed E-state index contributed by atoms with van der Waals surface area (Å²) in [5.74, 6) is -0.270. The quantitative estimate of drug-likeness (QED) is 0.644. The second-order valence-corrected chi connectivity index (χ2v) is 8.14. The zero-order chi connectivity index (χ0) is 20.0. The average molecular weight is 395 g/mol. The summed E-state index contributed by atoms with van der Waals surface area (Å²) in [5, 5.41) is 2.79. The Hall–Kier alpha value is -3.03. The molecule has 1 aromatic heterocycles. The van der Waals surface area contributed by atoms with E-state index in [-0.39, 0.29) is 17.3 Å². The molecule has 7 heteroatoms. The van der Waals surface area contributed by atoms with Gasteiger partial charge in [-0.25, -0.2) is 13.1 Å². The Morgan fingerprint density at radius 1 is 0.929 bits per heavy atom. The van der Waals surface area contributed by atoms with Gasteiger partial charge in [0.25, 0.3) is 5.91 Å². The fourth-order valence-electron chi connectivity index (χ4n) is 2.65. The summed E-state index contributed by atoms with van der Waals surface area (Å²) >= 11 is 0. The van der Waals surface area contributed by atoms with Gasteiger partial charge < -0.3 is 5.32 Å². The molecule has 0 spiro atoms. The van der Waals surface area contributed by atoms with Crippen LogP contribution < -0.4 is 10.0 Å². The third kappa shape index (κ3) is 5.25. The molecule has 3 rings (SSSR count). The van der Waals surface area contributed by atoms with Crippen molar-refractivity contribution < 1.29 is 13.2 Å². The molecule has 28 heavy (non-hydrogen) atoms. The van der Waals surface area contributed by atoms with Crippen LogP contribution in [0.2, 0.25) is 0 Å². The minimum absolute atomic E-state index is 0.117. The zero-order valence-corrected chi connectivity index (χ0v) is 16.2. The highest BCUT2D eigenvalue weighted by Gasteiger charge is 2.15. The predicted octanol–water partition coefficient (Wildman–Crippen LogP) is 2.80. The lowest BCUT2D eigenvalue weighted by atomic mass is 10.1. The summed E-state index contributed by atoms with van der Waals surface area (Å²) in [6.45, 7) is 2.54. The lowest BCUT2D eigenvalue weighted by Gasteiger charge is -2.09. The molecule has 0 aliphatic carbocycles. The molecule has 0 aliphatic rings. The average Bonchev–Trinajstić information content (AvgIpc) is 2.71. The van der Waals surface area contributed by atoms with E-state index in [4.69, 9.17) is 0 Å². The molecule has 0 bridgehead atoms. The molecule has 0 aliphatic heterocycles. The van der Waals surface area contributed by atoms with Crippen LogP contribution in [-0.4, -0.2) is 19.3 Å². The molecule has 0 saturated heterocycles. The Morgan fingerprint density at radius 3 is 2.32 bits per heavy atom. The van der Waals surface area contributed by atoms with Crippen LogP contribution in [0.4, 0.5) is 0 Å². The fraction of sp³-hybridized carbons (Fsp3) is 0.143. The van der Waals surface area contributed by atoms with Gasteiger partial charge in [0.15, 0.2) is 0 Å². The Morgan fingerprint density at radius 2 is 1.64 bits per heavy atom. The molecule has 0 unspecified atom stereocenters. The smallest absolute Gasteiger partial charge is 0.251 e. The first-order chi connectivity index (χ1) is 13.4. The van der Waals surface area contributed by atoms with E-state index in [1.807, 2.05) is 43.3 Å². The second kappa shape index (κ2) is 8.77. The Balaban J connectivity index is 1.61. The number of nitrogens with one attached hydrogen (secondary N) is 2. The number of amides is 1. The molecule has 2 aromatic carbocycles. The van der Waals surface area contributed by atoms with Gasteiger partial charge in [0.05, 0.1) is 4.90 Å². The largest absolute Gasteiger partial charge is 0.348 e. The third-order valence-electron chi connectivity index (χ3n) is 4.18. The molecular formula is C21H21N3O3S. The fourth-order valence-corrected chi connectivity index (χ4v) is 3.67. The normalized spacial score (nSPS) is 11.2. The van der Waals surface area contributed by atoms with Crippen molar-refractivity contribution in [2.45, 2.75) is 24.9 Å². The highest BCUT2D eigenvalue weighted by atomic mass is 32.2. The number of rotatable bonds is 7. The van der Waals surface area contributed by atoms with E-state index in [9.17, 15) is 13.2 Å². The van der Waals surface area contributed by atoms with Gasteiger partial charge in [-0.3, -0.25) is 9.78 Å². The standard InChI is InChI=1S/C21H21N3O3S/c1-16-3-2-4-18(13-16)15-24-28(26,27)20-7-5-19(6-8-20)21(25)23-14-17-9-11-22-12-10-17/h2-13,24H,14-15H2,1H3,(H,23,25). The highest BCUT2D eigenvalue weighted by Crippen LogP contribution is 2.12. The summed E-state index contributed by atoms with van der Waals surface area (Å²) in [6, 6.07) is 17.1. The first-order valence-electron chi connectivity index (χ1n) is 8.76. The molecule has 0 atom stereocenters. The maximum atomic E-state index is 12.5. The van der Waals surface area contributed by atoms with E-state index >= 15 is 0 Å². The number of benzene rings is 2. The molecule has 3 aromatic rings. The second-order valence-electron chi connectivity index (χ2n) is 6.38. The Bertz CT molecular complexity index is 1050. The van der Waals surface area contributed by atoms with E-state index in [2.05, 4.69) is 15.0 Å². The predicted molar refractivity (Wildman–Crippen MR) is 107 cm³/mol. The molecule has 1 amide bonds.